The SMILES string of the molecule is CNC(Cn1nc(C)c(Cl)c1C)(C(=O)O)C1CC1. The van der Waals surface area contributed by atoms with Gasteiger partial charge in [-0.3, -0.25) is 9.48 Å². The summed E-state index contributed by atoms with van der Waals surface area (Å²) in [5.74, 6) is -0.654. The quantitative estimate of drug-likeness (QED) is 0.854. The Morgan fingerprint density at radius 2 is 2.22 bits per heavy atom. The van der Waals surface area contributed by atoms with Crippen LogP contribution in [0.25, 0.3) is 0 Å². The van der Waals surface area contributed by atoms with E-state index in [4.69, 9.17) is 11.6 Å². The van der Waals surface area contributed by atoms with Crippen molar-refractivity contribution in [1.82, 2.24) is 15.1 Å². The second-order valence-electron chi connectivity index (χ2n) is 4.94. The maximum atomic E-state index is 11.6. The molecule has 0 radical (unpaired) electrons. The third kappa shape index (κ3) is 2.01. The predicted octanol–water partition coefficient (Wildman–Crippen LogP) is 1.61. The zero-order chi connectivity index (χ0) is 13.5. The molecule has 0 aromatic carbocycles. The molecule has 0 saturated heterocycles. The Bertz CT molecular complexity index is 482. The normalized spacial score (nSPS) is 18.7. The molecule has 1 unspecified atom stereocenters. The number of hydrogen-bond donors (Lipinski definition) is 2. The molecule has 1 atom stereocenters. The van der Waals surface area contributed by atoms with E-state index < -0.39 is 11.5 Å². The number of aromatic nitrogens is 2. The molecule has 5 nitrogen and oxygen atoms in total. The molecule has 1 fully saturated rings. The number of carbonyl (C=O) groups is 1. The van der Waals surface area contributed by atoms with Gasteiger partial charge in [-0.1, -0.05) is 11.6 Å². The van der Waals surface area contributed by atoms with Crippen LogP contribution in [-0.2, 0) is 11.3 Å². The molecular formula is C12H18ClN3O2. The number of nitrogens with one attached hydrogen (secondary N) is 1. The van der Waals surface area contributed by atoms with Crippen molar-refractivity contribution in [3.63, 3.8) is 0 Å². The Morgan fingerprint density at radius 3 is 2.56 bits per heavy atom. The number of carboxylic acids is 1. The summed E-state index contributed by atoms with van der Waals surface area (Å²) in [5.41, 5.74) is 0.614. The van der Waals surface area contributed by atoms with Crippen LogP contribution in [0.4, 0.5) is 0 Å². The first-order chi connectivity index (χ1) is 8.42. The molecule has 1 aromatic heterocycles. The van der Waals surface area contributed by atoms with Crippen molar-refractivity contribution in [1.29, 1.82) is 0 Å². The van der Waals surface area contributed by atoms with Gasteiger partial charge in [0, 0.05) is 0 Å². The van der Waals surface area contributed by atoms with E-state index in [1.54, 1.807) is 11.7 Å². The molecule has 1 saturated carbocycles. The highest BCUT2D eigenvalue weighted by molar-refractivity contribution is 6.31. The van der Waals surface area contributed by atoms with Gasteiger partial charge in [-0.2, -0.15) is 5.10 Å². The van der Waals surface area contributed by atoms with Gasteiger partial charge in [0.05, 0.1) is 23.0 Å². The van der Waals surface area contributed by atoms with Gasteiger partial charge in [-0.15, -0.1) is 0 Å². The lowest BCUT2D eigenvalue weighted by Gasteiger charge is -2.29. The molecule has 1 aliphatic rings. The van der Waals surface area contributed by atoms with E-state index in [2.05, 4.69) is 10.4 Å². The maximum absolute atomic E-state index is 11.6. The van der Waals surface area contributed by atoms with Crippen molar-refractivity contribution < 1.29 is 9.90 Å². The molecule has 0 bridgehead atoms. The summed E-state index contributed by atoms with van der Waals surface area (Å²) in [6.45, 7) is 3.99. The van der Waals surface area contributed by atoms with Crippen molar-refractivity contribution in [3.8, 4) is 0 Å². The van der Waals surface area contributed by atoms with Crippen molar-refractivity contribution in [2.45, 2.75) is 38.8 Å². The summed E-state index contributed by atoms with van der Waals surface area (Å²) >= 11 is 6.09. The minimum Gasteiger partial charge on any atom is -0.480 e. The Morgan fingerprint density at radius 1 is 1.61 bits per heavy atom. The fourth-order valence-electron chi connectivity index (χ4n) is 2.40. The summed E-state index contributed by atoms with van der Waals surface area (Å²) in [6.07, 6.45) is 1.89. The third-order valence-electron chi connectivity index (χ3n) is 3.79. The Labute approximate surface area is 111 Å². The van der Waals surface area contributed by atoms with Crippen molar-refractivity contribution >= 4 is 17.6 Å². The number of likely N-dealkylation sites (N-methyl/N-ethyl adjacent to an activating group) is 1. The molecule has 2 N–H and O–H groups in total. The van der Waals surface area contributed by atoms with Crippen LogP contribution in [0.1, 0.15) is 24.2 Å². The van der Waals surface area contributed by atoms with Gasteiger partial charge in [0.1, 0.15) is 5.54 Å². The number of aryl methyl sites for hydroxylation is 1. The van der Waals surface area contributed by atoms with Crippen LogP contribution in [0.5, 0.6) is 0 Å². The molecule has 1 heterocycles. The van der Waals surface area contributed by atoms with Gasteiger partial charge >= 0.3 is 5.97 Å². The fraction of sp³-hybridized carbons (Fsp3) is 0.667. The molecule has 0 amide bonds. The average Bonchev–Trinajstić information content (AvgIpc) is 3.13. The minimum absolute atomic E-state index is 0.169. The molecule has 6 heteroatoms. The number of carboxylic acid groups (broad SMARTS) is 1. The van der Waals surface area contributed by atoms with E-state index in [0.717, 1.165) is 24.2 Å². The Hall–Kier alpha value is -1.07. The number of nitrogens with zero attached hydrogens (tertiary/aromatic N) is 2. The van der Waals surface area contributed by atoms with E-state index >= 15 is 0 Å². The van der Waals surface area contributed by atoms with Crippen molar-refractivity contribution in [2.24, 2.45) is 5.92 Å². The van der Waals surface area contributed by atoms with Crippen LogP contribution in [0, 0.1) is 19.8 Å². The standard InChI is InChI=1S/C12H18ClN3O2/c1-7-10(13)8(2)16(15-7)6-12(14-3,11(17)18)9-4-5-9/h9,14H,4-6H2,1-3H3,(H,17,18). The van der Waals surface area contributed by atoms with Gasteiger partial charge in [0.15, 0.2) is 0 Å². The molecule has 0 spiro atoms. The number of hydrogen-bond acceptors (Lipinski definition) is 3. The predicted molar refractivity (Wildman–Crippen MR) is 68.9 cm³/mol. The zero-order valence-corrected chi connectivity index (χ0v) is 11.6. The van der Waals surface area contributed by atoms with Gasteiger partial charge in [0.2, 0.25) is 0 Å². The van der Waals surface area contributed by atoms with Crippen LogP contribution < -0.4 is 5.32 Å². The average molecular weight is 272 g/mol. The van der Waals surface area contributed by atoms with Crippen molar-refractivity contribution in [2.75, 3.05) is 7.05 Å². The van der Waals surface area contributed by atoms with E-state index in [-0.39, 0.29) is 5.92 Å². The van der Waals surface area contributed by atoms with Gasteiger partial charge in [-0.25, -0.2) is 0 Å². The smallest absolute Gasteiger partial charge is 0.326 e. The zero-order valence-electron chi connectivity index (χ0n) is 10.8. The number of aliphatic carboxylic acids is 1. The summed E-state index contributed by atoms with van der Waals surface area (Å²) < 4.78 is 1.70. The number of halogens is 1. The lowest BCUT2D eigenvalue weighted by atomic mass is 9.93. The second kappa shape index (κ2) is 4.55. The largest absolute Gasteiger partial charge is 0.480 e. The summed E-state index contributed by atoms with van der Waals surface area (Å²) in [6, 6.07) is 0. The van der Waals surface area contributed by atoms with Gasteiger partial charge in [0.25, 0.3) is 0 Å². The fourth-order valence-corrected chi connectivity index (χ4v) is 2.54. The molecular weight excluding hydrogens is 254 g/mol. The minimum atomic E-state index is -0.938. The first-order valence-electron chi connectivity index (χ1n) is 6.04. The van der Waals surface area contributed by atoms with Crippen LogP contribution >= 0.6 is 11.6 Å². The lowest BCUT2D eigenvalue weighted by Crippen LogP contribution is -2.55. The Kier molecular flexibility index (Phi) is 3.38. The second-order valence-corrected chi connectivity index (χ2v) is 5.32. The molecule has 0 aliphatic heterocycles. The molecule has 2 rings (SSSR count). The first kappa shape index (κ1) is 13.4. The van der Waals surface area contributed by atoms with Crippen molar-refractivity contribution in [3.05, 3.63) is 16.4 Å². The van der Waals surface area contributed by atoms with E-state index in [1.807, 2.05) is 13.8 Å². The monoisotopic (exact) mass is 271 g/mol. The highest BCUT2D eigenvalue weighted by atomic mass is 35.5. The first-order valence-corrected chi connectivity index (χ1v) is 6.42. The highest BCUT2D eigenvalue weighted by Crippen LogP contribution is 2.41. The van der Waals surface area contributed by atoms with Crippen LogP contribution in [0.2, 0.25) is 5.02 Å². The third-order valence-corrected chi connectivity index (χ3v) is 4.34. The van der Waals surface area contributed by atoms with Crippen LogP contribution in [0.15, 0.2) is 0 Å². The summed E-state index contributed by atoms with van der Waals surface area (Å²) in [5, 5.41) is 17.4. The van der Waals surface area contributed by atoms with Gasteiger partial charge in [-0.05, 0) is 39.7 Å². The summed E-state index contributed by atoms with van der Waals surface area (Å²) in [7, 11) is 1.69. The van der Waals surface area contributed by atoms with Crippen LogP contribution in [0.3, 0.4) is 0 Å². The lowest BCUT2D eigenvalue weighted by molar-refractivity contribution is -0.146. The van der Waals surface area contributed by atoms with E-state index in [1.165, 1.54) is 0 Å². The Balaban J connectivity index is 2.34. The van der Waals surface area contributed by atoms with Crippen LogP contribution in [-0.4, -0.2) is 33.4 Å². The molecule has 100 valence electrons. The topological polar surface area (TPSA) is 67.2 Å². The summed E-state index contributed by atoms with van der Waals surface area (Å²) in [4.78, 5) is 11.6. The maximum Gasteiger partial charge on any atom is 0.326 e. The molecule has 1 aromatic rings. The van der Waals surface area contributed by atoms with E-state index in [9.17, 15) is 9.90 Å². The van der Waals surface area contributed by atoms with E-state index in [0.29, 0.717) is 11.6 Å². The molecule has 1 aliphatic carbocycles. The highest BCUT2D eigenvalue weighted by Gasteiger charge is 2.51. The van der Waals surface area contributed by atoms with Gasteiger partial charge < -0.3 is 10.4 Å². The molecule has 18 heavy (non-hydrogen) atoms. The number of rotatable bonds is 5.